The third-order valence-electron chi connectivity index (χ3n) is 5.21. The summed E-state index contributed by atoms with van der Waals surface area (Å²) in [4.78, 5) is 12.9. The van der Waals surface area contributed by atoms with E-state index in [-0.39, 0.29) is 18.1 Å². The number of benzene rings is 3. The molecule has 3 nitrogen and oxygen atoms in total. The lowest BCUT2D eigenvalue weighted by Gasteiger charge is -2.23. The van der Waals surface area contributed by atoms with E-state index in [4.69, 9.17) is 4.74 Å². The molecule has 2 atom stereocenters. The average Bonchev–Trinajstić information content (AvgIpc) is 3.33. The van der Waals surface area contributed by atoms with Crippen molar-refractivity contribution in [2.45, 2.75) is 25.0 Å². The van der Waals surface area contributed by atoms with Gasteiger partial charge in [-0.1, -0.05) is 84.9 Å². The van der Waals surface area contributed by atoms with E-state index < -0.39 is 0 Å². The van der Waals surface area contributed by atoms with Crippen LogP contribution in [0, 0.1) is 0 Å². The summed E-state index contributed by atoms with van der Waals surface area (Å²) in [7, 11) is 0. The molecule has 0 bridgehead atoms. The van der Waals surface area contributed by atoms with Gasteiger partial charge in [-0.05, 0) is 41.7 Å². The Kier molecular flexibility index (Phi) is 6.18. The largest absolute Gasteiger partial charge is 0.376 e. The third kappa shape index (κ3) is 4.82. The lowest BCUT2D eigenvalue weighted by atomic mass is 9.94. The molecule has 3 aromatic rings. The van der Waals surface area contributed by atoms with Crippen molar-refractivity contribution in [2.24, 2.45) is 0 Å². The summed E-state index contributed by atoms with van der Waals surface area (Å²) in [6, 6.07) is 29.7. The van der Waals surface area contributed by atoms with Gasteiger partial charge in [0.1, 0.15) is 0 Å². The first-order valence-corrected chi connectivity index (χ1v) is 10.1. The van der Waals surface area contributed by atoms with Crippen LogP contribution in [0.3, 0.4) is 0 Å². The summed E-state index contributed by atoms with van der Waals surface area (Å²) in [5, 5.41) is 3.20. The molecule has 4 rings (SSSR count). The minimum atomic E-state index is -0.208. The molecule has 29 heavy (non-hydrogen) atoms. The van der Waals surface area contributed by atoms with E-state index in [2.05, 4.69) is 35.7 Å². The smallest absolute Gasteiger partial charge is 0.251 e. The average molecular weight is 383 g/mol. The fraction of sp³-hybridized carbons (Fsp3) is 0.192. The lowest BCUT2D eigenvalue weighted by Crippen LogP contribution is -2.42. The maximum atomic E-state index is 12.9. The summed E-state index contributed by atoms with van der Waals surface area (Å²) in [5.74, 6) is -0.0807. The fourth-order valence-electron chi connectivity index (χ4n) is 3.73. The Morgan fingerprint density at radius 2 is 1.34 bits per heavy atom. The first-order valence-electron chi connectivity index (χ1n) is 10.1. The molecule has 1 N–H and O–H groups in total. The number of carbonyl (C=O) groups is 1. The van der Waals surface area contributed by atoms with Crippen molar-refractivity contribution < 1.29 is 9.53 Å². The molecule has 0 unspecified atom stereocenters. The molecule has 1 heterocycles. The second-order valence-electron chi connectivity index (χ2n) is 7.23. The zero-order chi connectivity index (χ0) is 19.9. The van der Waals surface area contributed by atoms with Gasteiger partial charge in [-0.2, -0.15) is 0 Å². The van der Waals surface area contributed by atoms with Gasteiger partial charge in [0.2, 0.25) is 0 Å². The number of amides is 1. The van der Waals surface area contributed by atoms with Crippen molar-refractivity contribution in [1.82, 2.24) is 5.32 Å². The quantitative estimate of drug-likeness (QED) is 0.643. The molecule has 0 aromatic heterocycles. The van der Waals surface area contributed by atoms with Crippen molar-refractivity contribution in [1.29, 1.82) is 0 Å². The summed E-state index contributed by atoms with van der Waals surface area (Å²) in [5.41, 5.74) is 4.00. The first-order chi connectivity index (χ1) is 14.3. The molecule has 1 amide bonds. The minimum absolute atomic E-state index is 0.0231. The van der Waals surface area contributed by atoms with E-state index in [9.17, 15) is 4.79 Å². The SMILES string of the molecule is O=C(N[C@@H](C=C(c1ccccc1)c1ccccc1)[C@@H]1CCCO1)c1ccccc1. The van der Waals surface area contributed by atoms with Gasteiger partial charge in [0, 0.05) is 12.2 Å². The first kappa shape index (κ1) is 19.2. The normalized spacial score (nSPS) is 16.8. The lowest BCUT2D eigenvalue weighted by molar-refractivity contribution is 0.0762. The molecule has 0 aliphatic carbocycles. The van der Waals surface area contributed by atoms with Gasteiger partial charge >= 0.3 is 0 Å². The predicted octanol–water partition coefficient (Wildman–Crippen LogP) is 5.10. The maximum Gasteiger partial charge on any atom is 0.251 e. The Morgan fingerprint density at radius 3 is 1.83 bits per heavy atom. The Labute approximate surface area is 172 Å². The molecule has 0 saturated carbocycles. The summed E-state index contributed by atoms with van der Waals surface area (Å²) < 4.78 is 5.97. The zero-order valence-electron chi connectivity index (χ0n) is 16.3. The van der Waals surface area contributed by atoms with E-state index in [1.54, 1.807) is 0 Å². The Morgan fingerprint density at radius 1 is 0.828 bits per heavy atom. The van der Waals surface area contributed by atoms with Gasteiger partial charge in [-0.15, -0.1) is 0 Å². The third-order valence-corrected chi connectivity index (χ3v) is 5.21. The highest BCUT2D eigenvalue weighted by atomic mass is 16.5. The van der Waals surface area contributed by atoms with Crippen LogP contribution in [0.15, 0.2) is 97.1 Å². The Balaban J connectivity index is 1.71. The van der Waals surface area contributed by atoms with Gasteiger partial charge in [0.25, 0.3) is 5.91 Å². The molecule has 1 saturated heterocycles. The van der Waals surface area contributed by atoms with Crippen LogP contribution in [-0.4, -0.2) is 24.7 Å². The van der Waals surface area contributed by atoms with Crippen molar-refractivity contribution >= 4 is 11.5 Å². The molecule has 3 heteroatoms. The number of rotatable bonds is 6. The topological polar surface area (TPSA) is 38.3 Å². The fourth-order valence-corrected chi connectivity index (χ4v) is 3.73. The van der Waals surface area contributed by atoms with E-state index in [0.29, 0.717) is 5.56 Å². The van der Waals surface area contributed by atoms with E-state index in [0.717, 1.165) is 36.1 Å². The van der Waals surface area contributed by atoms with Crippen LogP contribution in [0.25, 0.3) is 5.57 Å². The van der Waals surface area contributed by atoms with Crippen LogP contribution < -0.4 is 5.32 Å². The summed E-state index contributed by atoms with van der Waals surface area (Å²) in [6.45, 7) is 0.738. The molecule has 0 radical (unpaired) electrons. The van der Waals surface area contributed by atoms with Crippen molar-refractivity contribution in [3.8, 4) is 0 Å². The van der Waals surface area contributed by atoms with Crippen LogP contribution in [0.1, 0.15) is 34.3 Å². The second-order valence-corrected chi connectivity index (χ2v) is 7.23. The number of carbonyl (C=O) groups excluding carboxylic acids is 1. The number of hydrogen-bond acceptors (Lipinski definition) is 2. The molecule has 1 fully saturated rings. The van der Waals surface area contributed by atoms with E-state index in [1.165, 1.54) is 0 Å². The molecule has 0 spiro atoms. The van der Waals surface area contributed by atoms with Gasteiger partial charge in [-0.3, -0.25) is 4.79 Å². The summed E-state index contributed by atoms with van der Waals surface area (Å²) >= 11 is 0. The van der Waals surface area contributed by atoms with Crippen LogP contribution >= 0.6 is 0 Å². The van der Waals surface area contributed by atoms with Crippen LogP contribution in [-0.2, 0) is 4.74 Å². The van der Waals surface area contributed by atoms with Crippen LogP contribution in [0.4, 0.5) is 0 Å². The Hall–Kier alpha value is -3.17. The van der Waals surface area contributed by atoms with Crippen molar-refractivity contribution in [3.63, 3.8) is 0 Å². The number of nitrogens with one attached hydrogen (secondary N) is 1. The van der Waals surface area contributed by atoms with E-state index >= 15 is 0 Å². The summed E-state index contributed by atoms with van der Waals surface area (Å²) in [6.07, 6.45) is 4.08. The second kappa shape index (κ2) is 9.35. The zero-order valence-corrected chi connectivity index (χ0v) is 16.3. The molecule has 1 aliphatic heterocycles. The highest BCUT2D eigenvalue weighted by Crippen LogP contribution is 2.26. The van der Waals surface area contributed by atoms with E-state index in [1.807, 2.05) is 66.7 Å². The number of ether oxygens (including phenoxy) is 1. The van der Waals surface area contributed by atoms with Gasteiger partial charge in [0.05, 0.1) is 12.1 Å². The van der Waals surface area contributed by atoms with Crippen molar-refractivity contribution in [3.05, 3.63) is 114 Å². The highest BCUT2D eigenvalue weighted by molar-refractivity contribution is 5.94. The molecule has 146 valence electrons. The monoisotopic (exact) mass is 383 g/mol. The number of hydrogen-bond donors (Lipinski definition) is 1. The van der Waals surface area contributed by atoms with Crippen molar-refractivity contribution in [2.75, 3.05) is 6.61 Å². The standard InChI is InChI=1S/C26H25NO2/c28-26(22-15-8-3-9-16-22)27-24(25-17-10-18-29-25)19-23(20-11-4-1-5-12-20)21-13-6-2-7-14-21/h1-9,11-16,19,24-25H,10,17-18H2,(H,27,28)/t24-,25-/m0/s1. The predicted molar refractivity (Wildman–Crippen MR) is 117 cm³/mol. The molecule has 3 aromatic carbocycles. The van der Waals surface area contributed by atoms with Gasteiger partial charge in [-0.25, -0.2) is 0 Å². The Bertz CT molecular complexity index is 904. The van der Waals surface area contributed by atoms with Crippen LogP contribution in [0.5, 0.6) is 0 Å². The van der Waals surface area contributed by atoms with Gasteiger partial charge < -0.3 is 10.1 Å². The molecular formula is C26H25NO2. The molecular weight excluding hydrogens is 358 g/mol. The molecule has 1 aliphatic rings. The minimum Gasteiger partial charge on any atom is -0.376 e. The highest BCUT2D eigenvalue weighted by Gasteiger charge is 2.27. The van der Waals surface area contributed by atoms with Gasteiger partial charge in [0.15, 0.2) is 0 Å². The van der Waals surface area contributed by atoms with Crippen LogP contribution in [0.2, 0.25) is 0 Å². The maximum absolute atomic E-state index is 12.9.